The molecule has 3 heteroatoms. The van der Waals surface area contributed by atoms with Crippen LogP contribution in [0.2, 0.25) is 0 Å². The molecule has 2 aromatic carbocycles. The number of amides is 1. The van der Waals surface area contributed by atoms with E-state index < -0.39 is 5.91 Å². The van der Waals surface area contributed by atoms with Crippen molar-refractivity contribution in [1.29, 1.82) is 0 Å². The van der Waals surface area contributed by atoms with E-state index in [1.807, 2.05) is 18.2 Å². The lowest BCUT2D eigenvalue weighted by atomic mass is 9.82. The van der Waals surface area contributed by atoms with Crippen LogP contribution in [0, 0.1) is 20.8 Å². The summed E-state index contributed by atoms with van der Waals surface area (Å²) < 4.78 is 6.15. The molecule has 0 fully saturated rings. The Kier molecular flexibility index (Phi) is 5.08. The number of ether oxygens (including phenoxy) is 1. The van der Waals surface area contributed by atoms with Crippen LogP contribution in [0.25, 0.3) is 0 Å². The molecule has 2 aliphatic rings. The fraction of sp³-hybridized carbons (Fsp3) is 0.346. The van der Waals surface area contributed by atoms with Crippen molar-refractivity contribution in [2.24, 2.45) is 5.73 Å². The Morgan fingerprint density at radius 2 is 1.97 bits per heavy atom. The van der Waals surface area contributed by atoms with Gasteiger partial charge < -0.3 is 10.5 Å². The number of hydrogen-bond donors (Lipinski definition) is 1. The van der Waals surface area contributed by atoms with Crippen molar-refractivity contribution in [1.82, 2.24) is 0 Å². The summed E-state index contributed by atoms with van der Waals surface area (Å²) in [5.74, 6) is 1.32. The molecule has 0 spiro atoms. The van der Waals surface area contributed by atoms with Crippen LogP contribution in [0.1, 0.15) is 75.0 Å². The zero-order valence-corrected chi connectivity index (χ0v) is 17.8. The molecule has 0 saturated heterocycles. The maximum Gasteiger partial charge on any atom is 0.252 e. The quantitative estimate of drug-likeness (QED) is 0.729. The number of primary amides is 1. The molecule has 1 atom stereocenters. The van der Waals surface area contributed by atoms with Gasteiger partial charge in [0.15, 0.2) is 0 Å². The molecule has 29 heavy (non-hydrogen) atoms. The minimum atomic E-state index is -0.436. The van der Waals surface area contributed by atoms with Crippen molar-refractivity contribution < 1.29 is 9.53 Å². The Labute approximate surface area is 173 Å². The Morgan fingerprint density at radius 3 is 2.69 bits per heavy atom. The van der Waals surface area contributed by atoms with Crippen molar-refractivity contribution in [2.45, 2.75) is 59.3 Å². The van der Waals surface area contributed by atoms with Crippen molar-refractivity contribution in [3.63, 3.8) is 0 Å². The highest BCUT2D eigenvalue weighted by atomic mass is 16.5. The van der Waals surface area contributed by atoms with Crippen molar-refractivity contribution in [2.75, 3.05) is 0 Å². The van der Waals surface area contributed by atoms with Crippen molar-refractivity contribution in [3.8, 4) is 5.75 Å². The Bertz CT molecular complexity index is 1060. The Balaban J connectivity index is 1.87. The number of allylic oxidation sites excluding steroid dienone is 4. The van der Waals surface area contributed by atoms with Gasteiger partial charge in [-0.2, -0.15) is 0 Å². The van der Waals surface area contributed by atoms with Gasteiger partial charge in [-0.3, -0.25) is 4.79 Å². The fourth-order valence-corrected chi connectivity index (χ4v) is 4.82. The van der Waals surface area contributed by atoms with Crippen LogP contribution >= 0.6 is 0 Å². The van der Waals surface area contributed by atoms with Gasteiger partial charge in [0.2, 0.25) is 0 Å². The van der Waals surface area contributed by atoms with Gasteiger partial charge in [-0.25, -0.2) is 0 Å². The summed E-state index contributed by atoms with van der Waals surface area (Å²) in [7, 11) is 0. The Hall–Kier alpha value is -2.81. The zero-order valence-electron chi connectivity index (χ0n) is 17.8. The summed E-state index contributed by atoms with van der Waals surface area (Å²) in [5.41, 5.74) is 15.4. The average Bonchev–Trinajstić information content (AvgIpc) is 3.08. The Morgan fingerprint density at radius 1 is 1.17 bits per heavy atom. The summed E-state index contributed by atoms with van der Waals surface area (Å²) in [6.07, 6.45) is 10.1. The molecule has 1 amide bonds. The second kappa shape index (κ2) is 7.55. The zero-order chi connectivity index (χ0) is 20.7. The number of carbonyl (C=O) groups is 1. The first-order chi connectivity index (χ1) is 13.9. The fourth-order valence-electron chi connectivity index (χ4n) is 4.82. The topological polar surface area (TPSA) is 52.3 Å². The molecular formula is C26H29NO2. The molecule has 4 rings (SSSR count). The van der Waals surface area contributed by atoms with E-state index in [1.165, 1.54) is 33.4 Å². The SMILES string of the molecule is CCCc1c(C)cc(C)c(C)c1Cc1ccc(C(N)=O)c2c1C1CC=CC=C1O2. The number of fused-ring (bicyclic) bond motifs is 3. The highest BCUT2D eigenvalue weighted by molar-refractivity contribution is 5.97. The third-order valence-corrected chi connectivity index (χ3v) is 6.42. The lowest BCUT2D eigenvalue weighted by molar-refractivity contribution is 0.0998. The molecule has 0 bridgehead atoms. The van der Waals surface area contributed by atoms with Gasteiger partial charge in [-0.05, 0) is 85.6 Å². The summed E-state index contributed by atoms with van der Waals surface area (Å²) in [6.45, 7) is 8.87. The van der Waals surface area contributed by atoms with Gasteiger partial charge in [0.1, 0.15) is 11.5 Å². The molecule has 0 saturated carbocycles. The van der Waals surface area contributed by atoms with Crippen LogP contribution in [0.3, 0.4) is 0 Å². The smallest absolute Gasteiger partial charge is 0.252 e. The molecule has 1 aliphatic carbocycles. The number of hydrogen-bond acceptors (Lipinski definition) is 2. The van der Waals surface area contributed by atoms with E-state index in [0.717, 1.165) is 37.0 Å². The number of benzene rings is 2. The highest BCUT2D eigenvalue weighted by Crippen LogP contribution is 2.48. The van der Waals surface area contributed by atoms with Gasteiger partial charge in [-0.1, -0.05) is 37.6 Å². The summed E-state index contributed by atoms with van der Waals surface area (Å²) >= 11 is 0. The molecular weight excluding hydrogens is 358 g/mol. The maximum absolute atomic E-state index is 12.0. The monoisotopic (exact) mass is 387 g/mol. The van der Waals surface area contributed by atoms with E-state index in [1.54, 1.807) is 0 Å². The second-order valence-electron chi connectivity index (χ2n) is 8.29. The molecule has 0 radical (unpaired) electrons. The van der Waals surface area contributed by atoms with Crippen LogP contribution in [-0.2, 0) is 12.8 Å². The largest absolute Gasteiger partial charge is 0.460 e. The number of rotatable bonds is 5. The van der Waals surface area contributed by atoms with E-state index in [9.17, 15) is 4.79 Å². The highest BCUT2D eigenvalue weighted by Gasteiger charge is 2.35. The first kappa shape index (κ1) is 19.5. The van der Waals surface area contributed by atoms with Crippen LogP contribution in [0.15, 0.2) is 42.2 Å². The van der Waals surface area contributed by atoms with Crippen LogP contribution in [0.5, 0.6) is 5.75 Å². The molecule has 3 nitrogen and oxygen atoms in total. The van der Waals surface area contributed by atoms with Crippen molar-refractivity contribution in [3.05, 3.63) is 86.7 Å². The number of aryl methyl sites for hydroxylation is 2. The molecule has 2 N–H and O–H groups in total. The molecule has 1 aliphatic heterocycles. The number of carbonyl (C=O) groups excluding carboxylic acids is 1. The van der Waals surface area contributed by atoms with Crippen LogP contribution < -0.4 is 10.5 Å². The maximum atomic E-state index is 12.0. The molecule has 0 aromatic heterocycles. The van der Waals surface area contributed by atoms with E-state index in [2.05, 4.69) is 45.9 Å². The minimum Gasteiger partial charge on any atom is -0.460 e. The number of nitrogens with two attached hydrogens (primary N) is 1. The molecule has 2 aromatic rings. The minimum absolute atomic E-state index is 0.171. The predicted molar refractivity (Wildman–Crippen MR) is 118 cm³/mol. The third-order valence-electron chi connectivity index (χ3n) is 6.42. The second-order valence-corrected chi connectivity index (χ2v) is 8.29. The van der Waals surface area contributed by atoms with Crippen molar-refractivity contribution >= 4 is 5.91 Å². The van der Waals surface area contributed by atoms with Gasteiger partial charge in [0.25, 0.3) is 5.91 Å². The van der Waals surface area contributed by atoms with Gasteiger partial charge in [0.05, 0.1) is 5.56 Å². The molecule has 1 heterocycles. The summed E-state index contributed by atoms with van der Waals surface area (Å²) in [6, 6.07) is 6.22. The van der Waals surface area contributed by atoms with Gasteiger partial charge in [0, 0.05) is 11.5 Å². The van der Waals surface area contributed by atoms with E-state index in [0.29, 0.717) is 11.3 Å². The summed E-state index contributed by atoms with van der Waals surface area (Å²) in [4.78, 5) is 12.0. The van der Waals surface area contributed by atoms with Crippen LogP contribution in [0.4, 0.5) is 0 Å². The van der Waals surface area contributed by atoms with E-state index in [4.69, 9.17) is 10.5 Å². The van der Waals surface area contributed by atoms with Gasteiger partial charge >= 0.3 is 0 Å². The van der Waals surface area contributed by atoms with Crippen LogP contribution in [-0.4, -0.2) is 5.91 Å². The van der Waals surface area contributed by atoms with E-state index >= 15 is 0 Å². The normalized spacial score (nSPS) is 16.8. The predicted octanol–water partition coefficient (Wildman–Crippen LogP) is 5.57. The average molecular weight is 388 g/mol. The molecule has 150 valence electrons. The molecule has 1 unspecified atom stereocenters. The first-order valence-corrected chi connectivity index (χ1v) is 10.5. The van der Waals surface area contributed by atoms with E-state index in [-0.39, 0.29) is 5.92 Å². The summed E-state index contributed by atoms with van der Waals surface area (Å²) in [5, 5.41) is 0. The standard InChI is InChI=1S/C26H29NO2/c1-5-8-19-16(3)13-15(2)17(4)22(19)14-18-11-12-21(26(27)28)25-24(18)20-9-6-7-10-23(20)29-25/h6-7,10-13,20H,5,8-9,14H2,1-4H3,(H2,27,28). The lowest BCUT2D eigenvalue weighted by Gasteiger charge is -2.20. The first-order valence-electron chi connectivity index (χ1n) is 10.5. The lowest BCUT2D eigenvalue weighted by Crippen LogP contribution is -2.13. The third kappa shape index (κ3) is 3.29. The van der Waals surface area contributed by atoms with Gasteiger partial charge in [-0.15, -0.1) is 0 Å².